The van der Waals surface area contributed by atoms with Gasteiger partial charge in [0, 0.05) is 0 Å². The number of hydrogen-bond acceptors (Lipinski definition) is 4. The SMILES string of the molecule is C#CCNCC(=O)Nc1cc(C(=O)O)ccc1O. The van der Waals surface area contributed by atoms with Crippen molar-refractivity contribution in [3.8, 4) is 18.1 Å². The van der Waals surface area contributed by atoms with Gasteiger partial charge in [0.1, 0.15) is 5.75 Å². The minimum Gasteiger partial charge on any atom is -0.506 e. The molecule has 0 spiro atoms. The van der Waals surface area contributed by atoms with Crippen LogP contribution in [0.1, 0.15) is 10.4 Å². The number of rotatable bonds is 5. The number of carboxylic acid groups (broad SMARTS) is 1. The molecular formula is C12H12N2O4. The number of nitrogens with one attached hydrogen (secondary N) is 2. The maximum absolute atomic E-state index is 11.4. The van der Waals surface area contributed by atoms with Gasteiger partial charge >= 0.3 is 5.97 Å². The summed E-state index contributed by atoms with van der Waals surface area (Å²) in [6.45, 7) is 0.218. The highest BCUT2D eigenvalue weighted by Crippen LogP contribution is 2.23. The van der Waals surface area contributed by atoms with Crippen molar-refractivity contribution in [2.24, 2.45) is 0 Å². The zero-order chi connectivity index (χ0) is 13.5. The van der Waals surface area contributed by atoms with E-state index in [0.29, 0.717) is 0 Å². The number of hydrogen-bond donors (Lipinski definition) is 4. The summed E-state index contributed by atoms with van der Waals surface area (Å²) in [5.41, 5.74) is 0.0158. The lowest BCUT2D eigenvalue weighted by atomic mass is 10.2. The van der Waals surface area contributed by atoms with Crippen LogP contribution in [0.2, 0.25) is 0 Å². The van der Waals surface area contributed by atoms with Crippen LogP contribution in [0, 0.1) is 12.3 Å². The number of benzene rings is 1. The van der Waals surface area contributed by atoms with Crippen molar-refractivity contribution in [2.75, 3.05) is 18.4 Å². The number of anilines is 1. The highest BCUT2D eigenvalue weighted by molar-refractivity contribution is 5.96. The minimum absolute atomic E-state index is 0.0268. The molecule has 4 N–H and O–H groups in total. The lowest BCUT2D eigenvalue weighted by Crippen LogP contribution is -2.28. The fourth-order valence-electron chi connectivity index (χ4n) is 1.21. The fraction of sp³-hybridized carbons (Fsp3) is 0.167. The van der Waals surface area contributed by atoms with Crippen LogP contribution in [-0.2, 0) is 4.79 Å². The molecule has 0 saturated carbocycles. The second-order valence-electron chi connectivity index (χ2n) is 3.39. The largest absolute Gasteiger partial charge is 0.506 e. The Hall–Kier alpha value is -2.52. The molecule has 0 bridgehead atoms. The van der Waals surface area contributed by atoms with Crippen molar-refractivity contribution in [1.82, 2.24) is 5.32 Å². The number of carbonyl (C=O) groups excluding carboxylic acids is 1. The molecular weight excluding hydrogens is 236 g/mol. The summed E-state index contributed by atoms with van der Waals surface area (Å²) in [4.78, 5) is 22.2. The first-order valence-electron chi connectivity index (χ1n) is 5.05. The van der Waals surface area contributed by atoms with E-state index in [2.05, 4.69) is 16.6 Å². The van der Waals surface area contributed by atoms with Crippen LogP contribution in [0.4, 0.5) is 5.69 Å². The van der Waals surface area contributed by atoms with Crippen molar-refractivity contribution < 1.29 is 19.8 Å². The van der Waals surface area contributed by atoms with Gasteiger partial charge in [0.15, 0.2) is 0 Å². The Labute approximate surface area is 104 Å². The maximum atomic E-state index is 11.4. The Morgan fingerprint density at radius 1 is 1.39 bits per heavy atom. The van der Waals surface area contributed by atoms with Crippen molar-refractivity contribution >= 4 is 17.6 Å². The zero-order valence-corrected chi connectivity index (χ0v) is 9.43. The standard InChI is InChI=1S/C12H12N2O4/c1-2-5-13-7-11(16)14-9-6-8(12(17)18)3-4-10(9)15/h1,3-4,6,13,15H,5,7H2,(H,14,16)(H,17,18). The summed E-state index contributed by atoms with van der Waals surface area (Å²) in [6.07, 6.45) is 5.00. The third-order valence-corrected chi connectivity index (χ3v) is 2.03. The van der Waals surface area contributed by atoms with E-state index in [-0.39, 0.29) is 30.1 Å². The molecule has 0 aliphatic carbocycles. The molecule has 0 saturated heterocycles. The third kappa shape index (κ3) is 3.81. The molecule has 0 aromatic heterocycles. The van der Waals surface area contributed by atoms with Gasteiger partial charge in [-0.1, -0.05) is 5.92 Å². The molecule has 6 heteroatoms. The second kappa shape index (κ2) is 6.27. The van der Waals surface area contributed by atoms with E-state index >= 15 is 0 Å². The summed E-state index contributed by atoms with van der Waals surface area (Å²) in [5, 5.41) is 23.3. The fourth-order valence-corrected chi connectivity index (χ4v) is 1.21. The molecule has 1 aromatic rings. The molecule has 18 heavy (non-hydrogen) atoms. The summed E-state index contributed by atoms with van der Waals surface area (Å²) < 4.78 is 0. The molecule has 1 amide bonds. The molecule has 0 aliphatic heterocycles. The summed E-state index contributed by atoms with van der Waals surface area (Å²) in [5.74, 6) is 0.530. The average Bonchev–Trinajstić information content (AvgIpc) is 2.32. The number of aromatic carboxylic acids is 1. The van der Waals surface area contributed by atoms with Gasteiger partial charge in [-0.15, -0.1) is 6.42 Å². The molecule has 0 radical (unpaired) electrons. The van der Waals surface area contributed by atoms with Gasteiger partial charge in [0.2, 0.25) is 5.91 Å². The van der Waals surface area contributed by atoms with Gasteiger partial charge in [-0.2, -0.15) is 0 Å². The monoisotopic (exact) mass is 248 g/mol. The number of phenolic OH excluding ortho intramolecular Hbond substituents is 1. The first-order valence-corrected chi connectivity index (χ1v) is 5.05. The molecule has 0 fully saturated rings. The van der Waals surface area contributed by atoms with Gasteiger partial charge in [0.25, 0.3) is 0 Å². The second-order valence-corrected chi connectivity index (χ2v) is 3.39. The Morgan fingerprint density at radius 2 is 2.11 bits per heavy atom. The van der Waals surface area contributed by atoms with Crippen LogP contribution in [0.15, 0.2) is 18.2 Å². The Kier molecular flexibility index (Phi) is 4.72. The smallest absolute Gasteiger partial charge is 0.335 e. The zero-order valence-electron chi connectivity index (χ0n) is 9.43. The van der Waals surface area contributed by atoms with Crippen molar-refractivity contribution in [2.45, 2.75) is 0 Å². The first-order chi connectivity index (χ1) is 8.54. The highest BCUT2D eigenvalue weighted by atomic mass is 16.4. The summed E-state index contributed by atoms with van der Waals surface area (Å²) >= 11 is 0. The average molecular weight is 248 g/mol. The van der Waals surface area contributed by atoms with Crippen molar-refractivity contribution in [3.05, 3.63) is 23.8 Å². The van der Waals surface area contributed by atoms with E-state index in [0.717, 1.165) is 0 Å². The predicted octanol–water partition coefficient (Wildman–Crippen LogP) is 0.252. The molecule has 1 rings (SSSR count). The summed E-state index contributed by atoms with van der Waals surface area (Å²) in [7, 11) is 0. The van der Waals surface area contributed by atoms with Gasteiger partial charge < -0.3 is 15.5 Å². The van der Waals surface area contributed by atoms with Crippen LogP contribution >= 0.6 is 0 Å². The van der Waals surface area contributed by atoms with Crippen LogP contribution in [-0.4, -0.2) is 35.2 Å². The van der Waals surface area contributed by atoms with Gasteiger partial charge in [-0.25, -0.2) is 4.79 Å². The molecule has 0 aliphatic rings. The Balaban J connectivity index is 2.72. The van der Waals surface area contributed by atoms with E-state index in [1.165, 1.54) is 18.2 Å². The summed E-state index contributed by atoms with van der Waals surface area (Å²) in [6, 6.07) is 3.62. The van der Waals surface area contributed by atoms with Crippen molar-refractivity contribution in [1.29, 1.82) is 0 Å². The molecule has 94 valence electrons. The quantitative estimate of drug-likeness (QED) is 0.340. The predicted molar refractivity (Wildman–Crippen MR) is 65.4 cm³/mol. The number of carbonyl (C=O) groups is 2. The molecule has 0 heterocycles. The van der Waals surface area contributed by atoms with Crippen molar-refractivity contribution in [3.63, 3.8) is 0 Å². The minimum atomic E-state index is -1.14. The highest BCUT2D eigenvalue weighted by Gasteiger charge is 2.10. The molecule has 0 unspecified atom stereocenters. The van der Waals surface area contributed by atoms with E-state index < -0.39 is 11.9 Å². The van der Waals surface area contributed by atoms with Crippen LogP contribution in [0.25, 0.3) is 0 Å². The van der Waals surface area contributed by atoms with Crippen LogP contribution in [0.3, 0.4) is 0 Å². The Morgan fingerprint density at radius 3 is 2.72 bits per heavy atom. The number of phenols is 1. The first kappa shape index (κ1) is 13.5. The van der Waals surface area contributed by atoms with Gasteiger partial charge in [-0.05, 0) is 18.2 Å². The normalized spacial score (nSPS) is 9.50. The third-order valence-electron chi connectivity index (χ3n) is 2.03. The van der Waals surface area contributed by atoms with Gasteiger partial charge in [-0.3, -0.25) is 10.1 Å². The Bertz CT molecular complexity index is 505. The van der Waals surface area contributed by atoms with E-state index in [9.17, 15) is 14.7 Å². The number of terminal acetylenes is 1. The molecule has 1 aromatic carbocycles. The number of carboxylic acids is 1. The lowest BCUT2D eigenvalue weighted by molar-refractivity contribution is -0.115. The topological polar surface area (TPSA) is 98.7 Å². The molecule has 6 nitrogen and oxygen atoms in total. The number of amides is 1. The van der Waals surface area contributed by atoms with Crippen LogP contribution in [0.5, 0.6) is 5.75 Å². The van der Waals surface area contributed by atoms with E-state index in [1.807, 2.05) is 0 Å². The van der Waals surface area contributed by atoms with Gasteiger partial charge in [0.05, 0.1) is 24.3 Å². The van der Waals surface area contributed by atoms with Crippen LogP contribution < -0.4 is 10.6 Å². The van der Waals surface area contributed by atoms with E-state index in [1.54, 1.807) is 0 Å². The lowest BCUT2D eigenvalue weighted by Gasteiger charge is -2.08. The molecule has 0 atom stereocenters. The van der Waals surface area contributed by atoms with E-state index in [4.69, 9.17) is 11.5 Å². The maximum Gasteiger partial charge on any atom is 0.335 e. The number of aromatic hydroxyl groups is 1.